The van der Waals surface area contributed by atoms with Gasteiger partial charge in [0.25, 0.3) is 0 Å². The maximum atomic E-state index is 12.4. The number of rotatable bonds is 5. The fourth-order valence-corrected chi connectivity index (χ4v) is 0.882. The molecule has 1 amide bonds. The summed E-state index contributed by atoms with van der Waals surface area (Å²) in [6.07, 6.45) is -3.73. The van der Waals surface area contributed by atoms with Crippen LogP contribution in [0.2, 0.25) is 0 Å². The van der Waals surface area contributed by atoms with Gasteiger partial charge in [-0.1, -0.05) is 0 Å². The second kappa shape index (κ2) is 5.47. The Bertz CT molecular complexity index is 238. The number of hydrogen-bond donors (Lipinski definition) is 2. The number of carbonyl (C=O) groups excluding carboxylic acids is 1. The maximum Gasteiger partial charge on any atom is 0.319 e. The van der Waals surface area contributed by atoms with Gasteiger partial charge in [0.1, 0.15) is 0 Å². The van der Waals surface area contributed by atoms with Gasteiger partial charge in [-0.05, 0) is 20.8 Å². The fraction of sp³-hybridized carbons (Fsp3) is 0.889. The minimum Gasteiger partial charge on any atom is -0.350 e. The lowest BCUT2D eigenvalue weighted by Gasteiger charge is -2.21. The molecule has 0 aliphatic heterocycles. The van der Waals surface area contributed by atoms with E-state index in [2.05, 4.69) is 5.32 Å². The number of alkyl halides is 4. The molecular formula is C9H16F4N2O. The van der Waals surface area contributed by atoms with Gasteiger partial charge in [0, 0.05) is 5.54 Å². The van der Waals surface area contributed by atoms with Crippen LogP contribution in [0.4, 0.5) is 17.6 Å². The molecular weight excluding hydrogens is 228 g/mol. The average molecular weight is 244 g/mol. The summed E-state index contributed by atoms with van der Waals surface area (Å²) in [6.45, 7) is 3.53. The minimum absolute atomic E-state index is 0.417. The van der Waals surface area contributed by atoms with Crippen molar-refractivity contribution in [1.82, 2.24) is 10.6 Å². The molecule has 0 heterocycles. The zero-order valence-electron chi connectivity index (χ0n) is 9.41. The van der Waals surface area contributed by atoms with Gasteiger partial charge in [0.2, 0.25) is 5.91 Å². The zero-order chi connectivity index (χ0) is 13.0. The molecule has 0 aliphatic rings. The van der Waals surface area contributed by atoms with Gasteiger partial charge in [-0.25, -0.2) is 8.78 Å². The number of amides is 1. The minimum atomic E-state index is -4.11. The fourth-order valence-electron chi connectivity index (χ4n) is 0.882. The molecule has 0 aromatic carbocycles. The molecule has 2 N–H and O–H groups in total. The molecule has 0 atom stereocenters. The van der Waals surface area contributed by atoms with E-state index in [1.807, 2.05) is 5.32 Å². The van der Waals surface area contributed by atoms with E-state index in [0.717, 1.165) is 0 Å². The molecule has 16 heavy (non-hydrogen) atoms. The quantitative estimate of drug-likeness (QED) is 0.717. The first-order chi connectivity index (χ1) is 7.04. The van der Waals surface area contributed by atoms with Gasteiger partial charge in [0.15, 0.2) is 0 Å². The van der Waals surface area contributed by atoms with Crippen molar-refractivity contribution in [2.75, 3.05) is 13.1 Å². The van der Waals surface area contributed by atoms with Crippen molar-refractivity contribution in [3.63, 3.8) is 0 Å². The van der Waals surface area contributed by atoms with E-state index in [1.54, 1.807) is 20.8 Å². The lowest BCUT2D eigenvalue weighted by Crippen LogP contribution is -2.47. The van der Waals surface area contributed by atoms with Crippen molar-refractivity contribution in [2.45, 2.75) is 38.7 Å². The van der Waals surface area contributed by atoms with Crippen molar-refractivity contribution in [1.29, 1.82) is 0 Å². The highest BCUT2D eigenvalue weighted by Crippen LogP contribution is 2.21. The summed E-state index contributed by atoms with van der Waals surface area (Å²) >= 11 is 0. The number of carbonyl (C=O) groups is 1. The molecule has 3 nitrogen and oxygen atoms in total. The molecule has 0 aliphatic carbocycles. The third kappa shape index (κ3) is 6.60. The Labute approximate surface area is 91.6 Å². The standard InChI is InChI=1S/C9H16F4N2O/c1-8(2,3)15-6(16)4-14-5-9(12,13)7(10)11/h7,14H,4-5H2,1-3H3,(H,15,16). The first kappa shape index (κ1) is 15.2. The SMILES string of the molecule is CC(C)(C)NC(=O)CNCC(F)(F)C(F)F. The van der Waals surface area contributed by atoms with Crippen molar-refractivity contribution >= 4 is 5.91 Å². The van der Waals surface area contributed by atoms with Crippen LogP contribution in [0.1, 0.15) is 20.8 Å². The smallest absolute Gasteiger partial charge is 0.319 e. The van der Waals surface area contributed by atoms with E-state index in [1.165, 1.54) is 0 Å². The van der Waals surface area contributed by atoms with E-state index < -0.39 is 36.9 Å². The van der Waals surface area contributed by atoms with Crippen molar-refractivity contribution in [3.8, 4) is 0 Å². The van der Waals surface area contributed by atoms with Crippen LogP contribution >= 0.6 is 0 Å². The summed E-state index contributed by atoms with van der Waals surface area (Å²) in [5.41, 5.74) is -0.482. The third-order valence-corrected chi connectivity index (χ3v) is 1.48. The average Bonchev–Trinajstić information content (AvgIpc) is 1.99. The molecule has 0 spiro atoms. The Morgan fingerprint density at radius 3 is 2.12 bits per heavy atom. The Kier molecular flexibility index (Phi) is 5.18. The third-order valence-electron chi connectivity index (χ3n) is 1.48. The first-order valence-corrected chi connectivity index (χ1v) is 4.72. The van der Waals surface area contributed by atoms with Crippen LogP contribution in [0.3, 0.4) is 0 Å². The zero-order valence-corrected chi connectivity index (χ0v) is 9.41. The monoisotopic (exact) mass is 244 g/mol. The molecule has 7 heteroatoms. The van der Waals surface area contributed by atoms with Crippen molar-refractivity contribution < 1.29 is 22.4 Å². The van der Waals surface area contributed by atoms with Crippen molar-refractivity contribution in [3.05, 3.63) is 0 Å². The van der Waals surface area contributed by atoms with Gasteiger partial charge in [0.05, 0.1) is 13.1 Å². The predicted molar refractivity (Wildman–Crippen MR) is 51.7 cm³/mol. The summed E-state index contributed by atoms with van der Waals surface area (Å²) in [5, 5.41) is 4.49. The van der Waals surface area contributed by atoms with E-state index in [-0.39, 0.29) is 0 Å². The van der Waals surface area contributed by atoms with Crippen LogP contribution in [0.25, 0.3) is 0 Å². The van der Waals surface area contributed by atoms with E-state index >= 15 is 0 Å². The summed E-state index contributed by atoms with van der Waals surface area (Å²) in [4.78, 5) is 11.1. The largest absolute Gasteiger partial charge is 0.350 e. The van der Waals surface area contributed by atoms with Crippen LogP contribution in [0.15, 0.2) is 0 Å². The van der Waals surface area contributed by atoms with Gasteiger partial charge >= 0.3 is 12.3 Å². The van der Waals surface area contributed by atoms with Crippen LogP contribution in [-0.2, 0) is 4.79 Å². The van der Waals surface area contributed by atoms with Crippen LogP contribution in [-0.4, -0.2) is 36.9 Å². The normalized spacial score (nSPS) is 13.0. The molecule has 0 bridgehead atoms. The van der Waals surface area contributed by atoms with Gasteiger partial charge in [-0.15, -0.1) is 0 Å². The number of nitrogens with one attached hydrogen (secondary N) is 2. The van der Waals surface area contributed by atoms with Gasteiger partial charge in [-0.3, -0.25) is 4.79 Å². The number of halogens is 4. The second-order valence-electron chi connectivity index (χ2n) is 4.46. The highest BCUT2D eigenvalue weighted by molar-refractivity contribution is 5.78. The second-order valence-corrected chi connectivity index (χ2v) is 4.46. The summed E-state index contributed by atoms with van der Waals surface area (Å²) in [6, 6.07) is 0. The topological polar surface area (TPSA) is 41.1 Å². The lowest BCUT2D eigenvalue weighted by atomic mass is 10.1. The number of hydrogen-bond acceptors (Lipinski definition) is 2. The summed E-state index contributed by atoms with van der Waals surface area (Å²) < 4.78 is 48.2. The van der Waals surface area contributed by atoms with E-state index in [9.17, 15) is 22.4 Å². The first-order valence-electron chi connectivity index (χ1n) is 4.72. The molecule has 0 saturated heterocycles. The highest BCUT2D eigenvalue weighted by Gasteiger charge is 2.40. The van der Waals surface area contributed by atoms with E-state index in [4.69, 9.17) is 0 Å². The summed E-state index contributed by atoms with van der Waals surface area (Å²) in [5.74, 6) is -4.63. The summed E-state index contributed by atoms with van der Waals surface area (Å²) in [7, 11) is 0. The van der Waals surface area contributed by atoms with Gasteiger partial charge in [-0.2, -0.15) is 8.78 Å². The van der Waals surface area contributed by atoms with E-state index in [0.29, 0.717) is 0 Å². The highest BCUT2D eigenvalue weighted by atomic mass is 19.3. The van der Waals surface area contributed by atoms with Crippen LogP contribution < -0.4 is 10.6 Å². The van der Waals surface area contributed by atoms with Crippen LogP contribution in [0.5, 0.6) is 0 Å². The predicted octanol–water partition coefficient (Wildman–Crippen LogP) is 1.39. The molecule has 0 fully saturated rings. The van der Waals surface area contributed by atoms with Crippen LogP contribution in [0, 0.1) is 0 Å². The Morgan fingerprint density at radius 1 is 1.25 bits per heavy atom. The molecule has 0 unspecified atom stereocenters. The Morgan fingerprint density at radius 2 is 1.75 bits per heavy atom. The molecule has 0 saturated carbocycles. The molecule has 0 aromatic heterocycles. The molecule has 0 radical (unpaired) electrons. The maximum absolute atomic E-state index is 12.4. The molecule has 96 valence electrons. The molecule has 0 aromatic rings. The van der Waals surface area contributed by atoms with Crippen molar-refractivity contribution in [2.24, 2.45) is 0 Å². The van der Waals surface area contributed by atoms with Gasteiger partial charge < -0.3 is 10.6 Å². The Balaban J connectivity index is 3.87. The Hall–Kier alpha value is -0.850. The lowest BCUT2D eigenvalue weighted by molar-refractivity contribution is -0.129. The molecule has 0 rings (SSSR count).